The molecule has 2 heterocycles. The number of amides is 1. The Morgan fingerprint density at radius 1 is 1.17 bits per heavy atom. The molecule has 1 saturated heterocycles. The maximum atomic E-state index is 14.0. The van der Waals surface area contributed by atoms with Crippen molar-refractivity contribution in [3.05, 3.63) is 51.7 Å². The molecule has 1 aromatic heterocycles. The van der Waals surface area contributed by atoms with Crippen LogP contribution >= 0.6 is 11.3 Å². The van der Waals surface area contributed by atoms with Gasteiger partial charge in [0.2, 0.25) is 0 Å². The van der Waals surface area contributed by atoms with Gasteiger partial charge >= 0.3 is 0 Å². The van der Waals surface area contributed by atoms with E-state index in [1.807, 2.05) is 11.4 Å². The Balaban J connectivity index is 1.72. The van der Waals surface area contributed by atoms with Crippen molar-refractivity contribution in [3.63, 3.8) is 0 Å². The number of carbonyl (C=O) groups excluding carboxylic acids is 1. The summed E-state index contributed by atoms with van der Waals surface area (Å²) in [5.74, 6) is -1.56. The molecule has 0 radical (unpaired) electrons. The predicted octanol–water partition coefficient (Wildman–Crippen LogP) is 2.86. The number of hydrogen-bond acceptors (Lipinski definition) is 4. The monoisotopic (exact) mass is 333 g/mol. The molecular weight excluding hydrogens is 320 g/mol. The van der Waals surface area contributed by atoms with Gasteiger partial charge in [-0.25, -0.2) is 8.78 Å². The third-order valence-corrected chi connectivity index (χ3v) is 4.62. The van der Waals surface area contributed by atoms with Crippen molar-refractivity contribution in [1.82, 2.24) is 4.90 Å². The van der Waals surface area contributed by atoms with Gasteiger partial charge in [0.25, 0.3) is 5.91 Å². The van der Waals surface area contributed by atoms with Gasteiger partial charge in [0.05, 0.1) is 16.5 Å². The second-order valence-electron chi connectivity index (χ2n) is 5.16. The van der Waals surface area contributed by atoms with E-state index in [9.17, 15) is 13.6 Å². The summed E-state index contributed by atoms with van der Waals surface area (Å²) in [7, 11) is 0. The summed E-state index contributed by atoms with van der Waals surface area (Å²) in [5.41, 5.74) is -0.178. The molecule has 1 amide bonds. The topological polar surface area (TPSA) is 47.3 Å². The molecule has 0 spiro atoms. The average molecular weight is 333 g/mol. The van der Waals surface area contributed by atoms with Gasteiger partial charge in [-0.2, -0.15) is 5.26 Å². The first-order valence-corrected chi connectivity index (χ1v) is 7.95. The number of nitrogens with zero attached hydrogens (tertiary/aromatic N) is 3. The highest BCUT2D eigenvalue weighted by atomic mass is 32.1. The van der Waals surface area contributed by atoms with Gasteiger partial charge < -0.3 is 9.80 Å². The number of benzene rings is 1. The first kappa shape index (κ1) is 15.4. The van der Waals surface area contributed by atoms with E-state index < -0.39 is 11.6 Å². The van der Waals surface area contributed by atoms with E-state index in [-0.39, 0.29) is 17.2 Å². The second kappa shape index (κ2) is 6.34. The summed E-state index contributed by atoms with van der Waals surface area (Å²) < 4.78 is 28.1. The molecule has 0 aliphatic carbocycles. The van der Waals surface area contributed by atoms with Crippen LogP contribution in [-0.4, -0.2) is 37.0 Å². The Kier molecular flexibility index (Phi) is 4.26. The fourth-order valence-corrected chi connectivity index (χ4v) is 3.31. The fourth-order valence-electron chi connectivity index (χ4n) is 2.62. The van der Waals surface area contributed by atoms with Crippen LogP contribution < -0.4 is 4.90 Å². The molecule has 1 aliphatic rings. The van der Waals surface area contributed by atoms with E-state index in [4.69, 9.17) is 5.26 Å². The lowest BCUT2D eigenvalue weighted by Gasteiger charge is -2.36. The predicted molar refractivity (Wildman–Crippen MR) is 83.5 cm³/mol. The molecule has 7 heteroatoms. The van der Waals surface area contributed by atoms with Gasteiger partial charge in [-0.1, -0.05) is 6.07 Å². The summed E-state index contributed by atoms with van der Waals surface area (Å²) in [6, 6.07) is 7.36. The Bertz CT molecular complexity index is 739. The molecule has 23 heavy (non-hydrogen) atoms. The Hall–Kier alpha value is -2.46. The van der Waals surface area contributed by atoms with Crippen molar-refractivity contribution < 1.29 is 13.6 Å². The zero-order valence-corrected chi connectivity index (χ0v) is 12.9. The number of carbonyl (C=O) groups is 1. The lowest BCUT2D eigenvalue weighted by atomic mass is 10.1. The van der Waals surface area contributed by atoms with Gasteiger partial charge in [-0.3, -0.25) is 4.79 Å². The van der Waals surface area contributed by atoms with Gasteiger partial charge in [-0.15, -0.1) is 11.3 Å². The summed E-state index contributed by atoms with van der Waals surface area (Å²) in [6.07, 6.45) is 0. The molecule has 0 bridgehead atoms. The first-order valence-electron chi connectivity index (χ1n) is 7.07. The Labute approximate surface area is 136 Å². The number of anilines is 1. The van der Waals surface area contributed by atoms with Crippen LogP contribution in [0, 0.1) is 23.0 Å². The third-order valence-electron chi connectivity index (χ3n) is 3.76. The zero-order chi connectivity index (χ0) is 16.4. The standard InChI is InChI=1S/C16H13F2N3OS/c17-12-8-11(10-19)9-13(18)15(12)20-3-5-21(6-4-20)16(22)14-2-1-7-23-14/h1-2,7-9H,3-6H2. The molecule has 1 fully saturated rings. The molecule has 3 rings (SSSR count). The number of piperazine rings is 1. The summed E-state index contributed by atoms with van der Waals surface area (Å²) in [5, 5.41) is 10.6. The van der Waals surface area contributed by atoms with E-state index in [1.165, 1.54) is 11.3 Å². The molecule has 0 N–H and O–H groups in total. The average Bonchev–Trinajstić information content (AvgIpc) is 3.08. The highest BCUT2D eigenvalue weighted by molar-refractivity contribution is 7.12. The first-order chi connectivity index (χ1) is 11.1. The van der Waals surface area contributed by atoms with Crippen LogP contribution in [0.25, 0.3) is 0 Å². The van der Waals surface area contributed by atoms with E-state index in [0.29, 0.717) is 31.1 Å². The molecule has 2 aromatic rings. The molecule has 1 aromatic carbocycles. The van der Waals surface area contributed by atoms with E-state index in [1.54, 1.807) is 21.9 Å². The maximum Gasteiger partial charge on any atom is 0.264 e. The Morgan fingerprint density at radius 2 is 1.83 bits per heavy atom. The molecular formula is C16H13F2N3OS. The maximum absolute atomic E-state index is 14.0. The van der Waals surface area contributed by atoms with Crippen molar-refractivity contribution in [2.24, 2.45) is 0 Å². The van der Waals surface area contributed by atoms with Crippen molar-refractivity contribution in [1.29, 1.82) is 5.26 Å². The fraction of sp³-hybridized carbons (Fsp3) is 0.250. The summed E-state index contributed by atoms with van der Waals surface area (Å²) in [4.78, 5) is 16.2. The minimum atomic E-state index is -0.750. The van der Waals surface area contributed by atoms with Gasteiger partial charge in [-0.05, 0) is 23.6 Å². The summed E-state index contributed by atoms with van der Waals surface area (Å²) >= 11 is 1.38. The lowest BCUT2D eigenvalue weighted by molar-refractivity contribution is 0.0751. The van der Waals surface area contributed by atoms with Crippen LogP contribution in [0.1, 0.15) is 15.2 Å². The minimum Gasteiger partial charge on any atom is -0.363 e. The Morgan fingerprint density at radius 3 is 2.35 bits per heavy atom. The number of halogens is 2. The second-order valence-corrected chi connectivity index (χ2v) is 6.10. The van der Waals surface area contributed by atoms with Crippen LogP contribution in [-0.2, 0) is 0 Å². The van der Waals surface area contributed by atoms with E-state index in [2.05, 4.69) is 0 Å². The summed E-state index contributed by atoms with van der Waals surface area (Å²) in [6.45, 7) is 1.49. The number of thiophene rings is 1. The van der Waals surface area contributed by atoms with Crippen LogP contribution in [0.5, 0.6) is 0 Å². The molecule has 0 atom stereocenters. The quantitative estimate of drug-likeness (QED) is 0.849. The van der Waals surface area contributed by atoms with E-state index >= 15 is 0 Å². The number of nitriles is 1. The normalized spacial score (nSPS) is 14.7. The molecule has 118 valence electrons. The number of rotatable bonds is 2. The third kappa shape index (κ3) is 3.03. The van der Waals surface area contributed by atoms with Crippen LogP contribution in [0.3, 0.4) is 0 Å². The minimum absolute atomic E-state index is 0.0461. The zero-order valence-electron chi connectivity index (χ0n) is 12.1. The molecule has 0 unspecified atom stereocenters. The van der Waals surface area contributed by atoms with Crippen LogP contribution in [0.2, 0.25) is 0 Å². The van der Waals surface area contributed by atoms with Crippen LogP contribution in [0.4, 0.5) is 14.5 Å². The van der Waals surface area contributed by atoms with Crippen molar-refractivity contribution in [3.8, 4) is 6.07 Å². The lowest BCUT2D eigenvalue weighted by Crippen LogP contribution is -2.49. The van der Waals surface area contributed by atoms with Crippen LogP contribution in [0.15, 0.2) is 29.6 Å². The number of hydrogen-bond donors (Lipinski definition) is 0. The van der Waals surface area contributed by atoms with E-state index in [0.717, 1.165) is 12.1 Å². The van der Waals surface area contributed by atoms with Crippen molar-refractivity contribution >= 4 is 22.9 Å². The SMILES string of the molecule is N#Cc1cc(F)c(N2CCN(C(=O)c3cccs3)CC2)c(F)c1. The van der Waals surface area contributed by atoms with Gasteiger partial charge in [0.15, 0.2) is 11.6 Å². The molecule has 1 aliphatic heterocycles. The van der Waals surface area contributed by atoms with Crippen molar-refractivity contribution in [2.45, 2.75) is 0 Å². The smallest absolute Gasteiger partial charge is 0.264 e. The largest absolute Gasteiger partial charge is 0.363 e. The van der Waals surface area contributed by atoms with Gasteiger partial charge in [0, 0.05) is 26.2 Å². The highest BCUT2D eigenvalue weighted by Crippen LogP contribution is 2.26. The van der Waals surface area contributed by atoms with Gasteiger partial charge in [0.1, 0.15) is 5.69 Å². The van der Waals surface area contributed by atoms with Crippen molar-refractivity contribution in [2.75, 3.05) is 31.1 Å². The molecule has 4 nitrogen and oxygen atoms in total. The molecule has 0 saturated carbocycles. The highest BCUT2D eigenvalue weighted by Gasteiger charge is 2.26.